The third kappa shape index (κ3) is 4.06. The van der Waals surface area contributed by atoms with Gasteiger partial charge in [0.15, 0.2) is 5.16 Å². The summed E-state index contributed by atoms with van der Waals surface area (Å²) in [6.45, 7) is 10.6. The zero-order valence-corrected chi connectivity index (χ0v) is 17.8. The standard InChI is InChI=1S/C20H27N5O2S/c1-12(2)10-11-24-18(27)15-8-6-7-9-16(15)25-19(24)22-23-20(25)28-14(5)17(26)21-13(3)4/h6-9,12-14H,10-11H2,1-5H3,(H,21,26)/t14-/m0/s1. The first-order valence-electron chi connectivity index (χ1n) is 9.63. The predicted octanol–water partition coefficient (Wildman–Crippen LogP) is 3.10. The Morgan fingerprint density at radius 1 is 1.14 bits per heavy atom. The van der Waals surface area contributed by atoms with Crippen LogP contribution in [0.5, 0.6) is 0 Å². The summed E-state index contributed by atoms with van der Waals surface area (Å²) in [5, 5.41) is 12.4. The van der Waals surface area contributed by atoms with Gasteiger partial charge in [-0.05, 0) is 45.2 Å². The van der Waals surface area contributed by atoms with E-state index < -0.39 is 0 Å². The zero-order valence-electron chi connectivity index (χ0n) is 17.0. The van der Waals surface area contributed by atoms with Crippen molar-refractivity contribution in [2.45, 2.75) is 64.0 Å². The van der Waals surface area contributed by atoms with Crippen LogP contribution in [0.1, 0.15) is 41.0 Å². The van der Waals surface area contributed by atoms with Gasteiger partial charge in [-0.1, -0.05) is 37.7 Å². The van der Waals surface area contributed by atoms with Crippen molar-refractivity contribution in [1.29, 1.82) is 0 Å². The van der Waals surface area contributed by atoms with Crippen molar-refractivity contribution in [2.75, 3.05) is 0 Å². The number of rotatable bonds is 7. The number of nitrogens with zero attached hydrogens (tertiary/aromatic N) is 4. The summed E-state index contributed by atoms with van der Waals surface area (Å²) in [7, 11) is 0. The molecule has 3 rings (SSSR count). The number of aryl methyl sites for hydroxylation is 1. The molecule has 8 heteroatoms. The molecular weight excluding hydrogens is 374 g/mol. The molecule has 1 atom stereocenters. The van der Waals surface area contributed by atoms with Gasteiger partial charge in [-0.15, -0.1) is 10.2 Å². The summed E-state index contributed by atoms with van der Waals surface area (Å²) >= 11 is 1.35. The maximum absolute atomic E-state index is 13.0. The Hall–Kier alpha value is -2.35. The third-order valence-corrected chi connectivity index (χ3v) is 5.53. The summed E-state index contributed by atoms with van der Waals surface area (Å²) in [6.07, 6.45) is 0.871. The number of hydrogen-bond donors (Lipinski definition) is 1. The third-order valence-electron chi connectivity index (χ3n) is 4.49. The van der Waals surface area contributed by atoms with E-state index in [0.717, 1.165) is 11.9 Å². The first-order valence-corrected chi connectivity index (χ1v) is 10.5. The van der Waals surface area contributed by atoms with Gasteiger partial charge in [-0.25, -0.2) is 0 Å². The first kappa shape index (κ1) is 20.4. The molecule has 0 aliphatic carbocycles. The van der Waals surface area contributed by atoms with Gasteiger partial charge >= 0.3 is 0 Å². The molecule has 150 valence electrons. The van der Waals surface area contributed by atoms with Crippen LogP contribution < -0.4 is 10.9 Å². The van der Waals surface area contributed by atoms with Crippen molar-refractivity contribution < 1.29 is 4.79 Å². The molecular formula is C20H27N5O2S. The van der Waals surface area contributed by atoms with Gasteiger partial charge in [0.05, 0.1) is 16.2 Å². The lowest BCUT2D eigenvalue weighted by Crippen LogP contribution is -2.36. The normalized spacial score (nSPS) is 13.0. The van der Waals surface area contributed by atoms with Gasteiger partial charge in [0.2, 0.25) is 11.7 Å². The van der Waals surface area contributed by atoms with Gasteiger partial charge < -0.3 is 5.32 Å². The summed E-state index contributed by atoms with van der Waals surface area (Å²) in [5.74, 6) is 0.937. The SMILES string of the molecule is CC(C)CCn1c(=O)c2ccccc2n2c(S[C@@H](C)C(=O)NC(C)C)nnc12. The number of para-hydroxylation sites is 1. The van der Waals surface area contributed by atoms with Gasteiger partial charge in [-0.3, -0.25) is 18.6 Å². The van der Waals surface area contributed by atoms with Gasteiger partial charge in [0, 0.05) is 12.6 Å². The molecule has 3 aromatic rings. The van der Waals surface area contributed by atoms with Gasteiger partial charge in [0.25, 0.3) is 5.56 Å². The number of benzene rings is 1. The number of carbonyl (C=O) groups is 1. The molecule has 0 aliphatic heterocycles. The van der Waals surface area contributed by atoms with E-state index in [9.17, 15) is 9.59 Å². The van der Waals surface area contributed by atoms with Crippen molar-refractivity contribution >= 4 is 34.3 Å². The van der Waals surface area contributed by atoms with Crippen LogP contribution in [0, 0.1) is 5.92 Å². The monoisotopic (exact) mass is 401 g/mol. The van der Waals surface area contributed by atoms with E-state index in [1.807, 2.05) is 49.4 Å². The van der Waals surface area contributed by atoms with E-state index in [2.05, 4.69) is 29.4 Å². The fourth-order valence-electron chi connectivity index (χ4n) is 3.01. The van der Waals surface area contributed by atoms with Crippen LogP contribution >= 0.6 is 11.8 Å². The average molecular weight is 402 g/mol. The molecule has 2 aromatic heterocycles. The van der Waals surface area contributed by atoms with Crippen LogP contribution in [0.4, 0.5) is 0 Å². The van der Waals surface area contributed by atoms with E-state index in [4.69, 9.17) is 0 Å². The fourth-order valence-corrected chi connectivity index (χ4v) is 3.88. The summed E-state index contributed by atoms with van der Waals surface area (Å²) in [4.78, 5) is 25.4. The Bertz CT molecular complexity index is 1050. The molecule has 0 spiro atoms. The average Bonchev–Trinajstić information content (AvgIpc) is 3.04. The molecule has 0 fully saturated rings. The highest BCUT2D eigenvalue weighted by atomic mass is 32.2. The molecule has 2 heterocycles. The second-order valence-corrected chi connectivity index (χ2v) is 9.01. The van der Waals surface area contributed by atoms with E-state index in [0.29, 0.717) is 28.8 Å². The zero-order chi connectivity index (χ0) is 20.4. The van der Waals surface area contributed by atoms with Crippen molar-refractivity contribution in [1.82, 2.24) is 24.5 Å². The minimum absolute atomic E-state index is 0.0471. The Labute approximate surface area is 168 Å². The highest BCUT2D eigenvalue weighted by molar-refractivity contribution is 8.00. The maximum atomic E-state index is 13.0. The fraction of sp³-hybridized carbons (Fsp3) is 0.500. The van der Waals surface area contributed by atoms with Crippen molar-refractivity contribution in [2.24, 2.45) is 5.92 Å². The lowest BCUT2D eigenvalue weighted by Gasteiger charge is -2.15. The molecule has 28 heavy (non-hydrogen) atoms. The molecule has 0 radical (unpaired) electrons. The van der Waals surface area contributed by atoms with E-state index in [-0.39, 0.29) is 22.8 Å². The molecule has 0 aliphatic rings. The van der Waals surface area contributed by atoms with Crippen molar-refractivity contribution in [3.8, 4) is 0 Å². The second kappa shape index (κ2) is 8.34. The molecule has 1 amide bonds. The number of amides is 1. The summed E-state index contributed by atoms with van der Waals surface area (Å²) in [5.41, 5.74) is 0.700. The lowest BCUT2D eigenvalue weighted by atomic mass is 10.1. The van der Waals surface area contributed by atoms with E-state index >= 15 is 0 Å². The maximum Gasteiger partial charge on any atom is 0.262 e. The molecule has 1 aromatic carbocycles. The van der Waals surface area contributed by atoms with Crippen LogP contribution in [0.3, 0.4) is 0 Å². The Balaban J connectivity index is 2.11. The second-order valence-electron chi connectivity index (χ2n) is 7.70. The number of fused-ring (bicyclic) bond motifs is 3. The molecule has 1 N–H and O–H groups in total. The lowest BCUT2D eigenvalue weighted by molar-refractivity contribution is -0.120. The molecule has 0 saturated heterocycles. The van der Waals surface area contributed by atoms with Crippen LogP contribution in [0.15, 0.2) is 34.2 Å². The van der Waals surface area contributed by atoms with Crippen LogP contribution in [-0.2, 0) is 11.3 Å². The quantitative estimate of drug-likeness (QED) is 0.615. The van der Waals surface area contributed by atoms with E-state index in [1.165, 1.54) is 11.8 Å². The van der Waals surface area contributed by atoms with Gasteiger partial charge in [0.1, 0.15) is 0 Å². The number of hydrogen-bond acceptors (Lipinski definition) is 5. The predicted molar refractivity (Wildman–Crippen MR) is 113 cm³/mol. The number of thioether (sulfide) groups is 1. The van der Waals surface area contributed by atoms with E-state index in [1.54, 1.807) is 4.57 Å². The Morgan fingerprint density at radius 3 is 2.54 bits per heavy atom. The topological polar surface area (TPSA) is 81.3 Å². The summed E-state index contributed by atoms with van der Waals surface area (Å²) < 4.78 is 3.58. The number of nitrogens with one attached hydrogen (secondary N) is 1. The number of aromatic nitrogens is 4. The van der Waals surface area contributed by atoms with Gasteiger partial charge in [-0.2, -0.15) is 0 Å². The summed E-state index contributed by atoms with van der Waals surface area (Å²) in [6, 6.07) is 7.55. The van der Waals surface area contributed by atoms with Crippen LogP contribution in [0.25, 0.3) is 16.7 Å². The Morgan fingerprint density at radius 2 is 1.86 bits per heavy atom. The molecule has 7 nitrogen and oxygen atoms in total. The largest absolute Gasteiger partial charge is 0.353 e. The smallest absolute Gasteiger partial charge is 0.262 e. The Kier molecular flexibility index (Phi) is 6.07. The molecule has 0 unspecified atom stereocenters. The highest BCUT2D eigenvalue weighted by Crippen LogP contribution is 2.25. The van der Waals surface area contributed by atoms with Crippen molar-refractivity contribution in [3.05, 3.63) is 34.6 Å². The van der Waals surface area contributed by atoms with Crippen LogP contribution in [0.2, 0.25) is 0 Å². The molecule has 0 saturated carbocycles. The highest BCUT2D eigenvalue weighted by Gasteiger charge is 2.21. The number of carbonyl (C=O) groups excluding carboxylic acids is 1. The van der Waals surface area contributed by atoms with Crippen LogP contribution in [-0.4, -0.2) is 36.4 Å². The first-order chi connectivity index (χ1) is 13.3. The minimum atomic E-state index is -0.329. The minimum Gasteiger partial charge on any atom is -0.353 e. The van der Waals surface area contributed by atoms with Crippen molar-refractivity contribution in [3.63, 3.8) is 0 Å². The molecule has 0 bridgehead atoms.